The number of carbonyl (C=O) groups is 2. The third-order valence-corrected chi connectivity index (χ3v) is 8.07. The maximum atomic E-state index is 12.7. The Bertz CT molecular complexity index is 1410. The van der Waals surface area contributed by atoms with Crippen molar-refractivity contribution < 1.29 is 19.1 Å². The van der Waals surface area contributed by atoms with Gasteiger partial charge in [0.05, 0.1) is 12.9 Å². The van der Waals surface area contributed by atoms with Gasteiger partial charge >= 0.3 is 5.97 Å². The molecule has 2 heterocycles. The highest BCUT2D eigenvalue weighted by molar-refractivity contribution is 7.99. The first kappa shape index (κ1) is 26.7. The van der Waals surface area contributed by atoms with Gasteiger partial charge in [0.25, 0.3) is 0 Å². The SMILES string of the molecule is COC(=O)c1c(-c2ccccc2)csc1NC(=O)CSc1nnc(COc2cc(C)c(Cl)c(C)c2)n1C. The minimum Gasteiger partial charge on any atom is -0.486 e. The van der Waals surface area contributed by atoms with E-state index in [1.165, 1.54) is 30.2 Å². The zero-order chi connectivity index (χ0) is 26.5. The number of amides is 1. The maximum absolute atomic E-state index is 12.7. The summed E-state index contributed by atoms with van der Waals surface area (Å²) in [4.78, 5) is 25.2. The Hall–Kier alpha value is -3.34. The zero-order valence-corrected chi connectivity index (χ0v) is 23.1. The van der Waals surface area contributed by atoms with Crippen molar-refractivity contribution in [2.75, 3.05) is 18.2 Å². The summed E-state index contributed by atoms with van der Waals surface area (Å²) in [5, 5.41) is 14.8. The number of hydrogen-bond acceptors (Lipinski definition) is 8. The number of methoxy groups -OCH3 is 1. The van der Waals surface area contributed by atoms with Crippen LogP contribution in [0.1, 0.15) is 27.3 Å². The molecule has 0 saturated carbocycles. The molecule has 0 fully saturated rings. The van der Waals surface area contributed by atoms with Crippen LogP contribution in [0.3, 0.4) is 0 Å². The lowest BCUT2D eigenvalue weighted by atomic mass is 10.0. The highest BCUT2D eigenvalue weighted by Crippen LogP contribution is 2.36. The second-order valence-corrected chi connectivity index (χ2v) is 10.4. The van der Waals surface area contributed by atoms with Gasteiger partial charge in [-0.2, -0.15) is 0 Å². The molecule has 0 radical (unpaired) electrons. The number of ether oxygens (including phenoxy) is 2. The summed E-state index contributed by atoms with van der Waals surface area (Å²) in [7, 11) is 3.14. The quantitative estimate of drug-likeness (QED) is 0.202. The zero-order valence-electron chi connectivity index (χ0n) is 20.7. The number of halogens is 1. The molecule has 11 heteroatoms. The number of aromatic nitrogens is 3. The van der Waals surface area contributed by atoms with Crippen molar-refractivity contribution in [3.8, 4) is 16.9 Å². The molecule has 2 aromatic heterocycles. The third-order valence-electron chi connectivity index (χ3n) is 5.55. The summed E-state index contributed by atoms with van der Waals surface area (Å²) in [6.45, 7) is 4.07. The van der Waals surface area contributed by atoms with E-state index in [1.807, 2.05) is 68.7 Å². The molecule has 1 amide bonds. The van der Waals surface area contributed by atoms with Gasteiger partial charge in [-0.25, -0.2) is 4.79 Å². The molecular formula is C26H25ClN4O4S2. The van der Waals surface area contributed by atoms with E-state index in [-0.39, 0.29) is 18.3 Å². The number of hydrogen-bond donors (Lipinski definition) is 1. The van der Waals surface area contributed by atoms with Gasteiger partial charge in [0.2, 0.25) is 5.91 Å². The molecule has 2 aromatic carbocycles. The van der Waals surface area contributed by atoms with Gasteiger partial charge in [-0.15, -0.1) is 21.5 Å². The Morgan fingerprint density at radius 2 is 1.84 bits per heavy atom. The first-order chi connectivity index (χ1) is 17.8. The number of anilines is 1. The summed E-state index contributed by atoms with van der Waals surface area (Å²) in [6, 6.07) is 13.2. The lowest BCUT2D eigenvalue weighted by molar-refractivity contribution is -0.113. The van der Waals surface area contributed by atoms with Gasteiger partial charge in [0, 0.05) is 23.0 Å². The smallest absolute Gasteiger partial charge is 0.341 e. The van der Waals surface area contributed by atoms with Crippen molar-refractivity contribution in [3.63, 3.8) is 0 Å². The number of esters is 1. The predicted octanol–water partition coefficient (Wildman–Crippen LogP) is 5.91. The van der Waals surface area contributed by atoms with Gasteiger partial charge in [-0.3, -0.25) is 4.79 Å². The first-order valence-corrected chi connectivity index (χ1v) is 13.5. The van der Waals surface area contributed by atoms with Gasteiger partial charge in [0.1, 0.15) is 22.9 Å². The summed E-state index contributed by atoms with van der Waals surface area (Å²) < 4.78 is 12.6. The van der Waals surface area contributed by atoms with E-state index < -0.39 is 5.97 Å². The Morgan fingerprint density at radius 3 is 2.51 bits per heavy atom. The fourth-order valence-corrected chi connectivity index (χ4v) is 5.42. The van der Waals surface area contributed by atoms with Crippen LogP contribution >= 0.6 is 34.7 Å². The van der Waals surface area contributed by atoms with Crippen molar-refractivity contribution in [1.82, 2.24) is 14.8 Å². The second-order valence-electron chi connectivity index (χ2n) is 8.17. The molecule has 0 aliphatic carbocycles. The van der Waals surface area contributed by atoms with Crippen molar-refractivity contribution in [1.29, 1.82) is 0 Å². The number of benzene rings is 2. The largest absolute Gasteiger partial charge is 0.486 e. The number of carbonyl (C=O) groups excluding carboxylic acids is 2. The van der Waals surface area contributed by atoms with Crippen LogP contribution in [0, 0.1) is 13.8 Å². The maximum Gasteiger partial charge on any atom is 0.341 e. The number of rotatable bonds is 9. The molecule has 192 valence electrons. The highest BCUT2D eigenvalue weighted by Gasteiger charge is 2.22. The number of aryl methyl sites for hydroxylation is 2. The molecule has 0 saturated heterocycles. The van der Waals surface area contributed by atoms with Gasteiger partial charge in [-0.1, -0.05) is 53.7 Å². The van der Waals surface area contributed by atoms with Crippen LogP contribution < -0.4 is 10.1 Å². The fourth-order valence-electron chi connectivity index (χ4n) is 3.61. The molecule has 4 rings (SSSR count). The Kier molecular flexibility index (Phi) is 8.52. The normalized spacial score (nSPS) is 10.8. The number of thiophene rings is 1. The van der Waals surface area contributed by atoms with E-state index in [2.05, 4.69) is 15.5 Å². The van der Waals surface area contributed by atoms with Crippen LogP contribution in [-0.4, -0.2) is 39.5 Å². The van der Waals surface area contributed by atoms with E-state index in [0.717, 1.165) is 21.7 Å². The molecule has 0 spiro atoms. The molecule has 8 nitrogen and oxygen atoms in total. The average Bonchev–Trinajstić information content (AvgIpc) is 3.47. The minimum absolute atomic E-state index is 0.0849. The van der Waals surface area contributed by atoms with Gasteiger partial charge < -0.3 is 19.4 Å². The van der Waals surface area contributed by atoms with Crippen molar-refractivity contribution in [2.45, 2.75) is 25.6 Å². The molecule has 0 aliphatic heterocycles. The highest BCUT2D eigenvalue weighted by atomic mass is 35.5. The van der Waals surface area contributed by atoms with Crippen LogP contribution in [0.15, 0.2) is 53.0 Å². The number of nitrogens with one attached hydrogen (secondary N) is 1. The summed E-state index contributed by atoms with van der Waals surface area (Å²) in [5.41, 5.74) is 3.79. The molecule has 0 bridgehead atoms. The van der Waals surface area contributed by atoms with E-state index in [0.29, 0.717) is 32.9 Å². The summed E-state index contributed by atoms with van der Waals surface area (Å²) in [5.74, 6) is 0.619. The van der Waals surface area contributed by atoms with Crippen molar-refractivity contribution >= 4 is 51.6 Å². The minimum atomic E-state index is -0.507. The Labute approximate surface area is 228 Å². The summed E-state index contributed by atoms with van der Waals surface area (Å²) in [6.07, 6.45) is 0. The third kappa shape index (κ3) is 6.15. The molecule has 1 N–H and O–H groups in total. The lowest BCUT2D eigenvalue weighted by Crippen LogP contribution is -2.16. The lowest BCUT2D eigenvalue weighted by Gasteiger charge is -2.10. The van der Waals surface area contributed by atoms with Gasteiger partial charge in [-0.05, 0) is 42.7 Å². The van der Waals surface area contributed by atoms with Crippen LogP contribution in [0.2, 0.25) is 5.02 Å². The molecular weight excluding hydrogens is 532 g/mol. The van der Waals surface area contributed by atoms with E-state index >= 15 is 0 Å². The van der Waals surface area contributed by atoms with Crippen LogP contribution in [0.5, 0.6) is 5.75 Å². The van der Waals surface area contributed by atoms with E-state index in [9.17, 15) is 9.59 Å². The monoisotopic (exact) mass is 556 g/mol. The van der Waals surface area contributed by atoms with Crippen molar-refractivity contribution in [2.24, 2.45) is 7.05 Å². The molecule has 37 heavy (non-hydrogen) atoms. The van der Waals surface area contributed by atoms with Crippen molar-refractivity contribution in [3.05, 3.63) is 75.4 Å². The predicted molar refractivity (Wildman–Crippen MR) is 147 cm³/mol. The topological polar surface area (TPSA) is 95.3 Å². The molecule has 0 aliphatic rings. The Morgan fingerprint density at radius 1 is 1.14 bits per heavy atom. The average molecular weight is 557 g/mol. The standard InChI is InChI=1S/C26H25ClN4O4S2/c1-15-10-18(11-16(2)23(15)27)35-12-20-29-30-26(31(20)3)37-14-21(32)28-24-22(25(33)34-4)19(13-36-24)17-8-6-5-7-9-17/h5-11,13H,12,14H2,1-4H3,(H,28,32). The number of thioether (sulfide) groups is 1. The fraction of sp³-hybridized carbons (Fsp3) is 0.231. The molecule has 0 atom stereocenters. The van der Waals surface area contributed by atoms with E-state index in [4.69, 9.17) is 21.1 Å². The van der Waals surface area contributed by atoms with E-state index in [1.54, 1.807) is 4.57 Å². The first-order valence-electron chi connectivity index (χ1n) is 11.2. The number of nitrogens with zero attached hydrogens (tertiary/aromatic N) is 3. The van der Waals surface area contributed by atoms with Gasteiger partial charge in [0.15, 0.2) is 11.0 Å². The molecule has 4 aromatic rings. The summed E-state index contributed by atoms with van der Waals surface area (Å²) >= 11 is 8.75. The molecule has 0 unspecified atom stereocenters. The van der Waals surface area contributed by atoms with Crippen LogP contribution in [0.4, 0.5) is 5.00 Å². The second kappa shape index (κ2) is 11.8. The Balaban J connectivity index is 1.39. The van der Waals surface area contributed by atoms with Crippen LogP contribution in [-0.2, 0) is 23.2 Å². The van der Waals surface area contributed by atoms with Crippen LogP contribution in [0.25, 0.3) is 11.1 Å².